The predicted octanol–water partition coefficient (Wildman–Crippen LogP) is 4.50. The van der Waals surface area contributed by atoms with Gasteiger partial charge in [-0.1, -0.05) is 24.3 Å². The van der Waals surface area contributed by atoms with Gasteiger partial charge in [-0.15, -0.1) is 11.6 Å². The number of hydrogen-bond donors (Lipinski definition) is 0. The van der Waals surface area contributed by atoms with Crippen molar-refractivity contribution in [1.29, 1.82) is 0 Å². The molecule has 0 aromatic heterocycles. The molecule has 0 N–H and O–H groups in total. The van der Waals surface area contributed by atoms with Gasteiger partial charge in [0.25, 0.3) is 0 Å². The van der Waals surface area contributed by atoms with Gasteiger partial charge in [0.15, 0.2) is 0 Å². The SMILES string of the molecule is COc1ccccc1C(Cl)Cc1c(F)cccc1F. The fourth-order valence-corrected chi connectivity index (χ4v) is 2.28. The Morgan fingerprint density at radius 1 is 1.05 bits per heavy atom. The average Bonchev–Trinajstić information content (AvgIpc) is 2.42. The van der Waals surface area contributed by atoms with E-state index in [0.717, 1.165) is 0 Å². The summed E-state index contributed by atoms with van der Waals surface area (Å²) in [5.74, 6) is -0.555. The predicted molar refractivity (Wildman–Crippen MR) is 71.7 cm³/mol. The molecule has 0 saturated heterocycles. The lowest BCUT2D eigenvalue weighted by atomic mass is 10.0. The van der Waals surface area contributed by atoms with Crippen LogP contribution in [-0.2, 0) is 6.42 Å². The van der Waals surface area contributed by atoms with E-state index in [4.69, 9.17) is 16.3 Å². The largest absolute Gasteiger partial charge is 0.496 e. The Balaban J connectivity index is 2.28. The summed E-state index contributed by atoms with van der Waals surface area (Å²) >= 11 is 6.26. The van der Waals surface area contributed by atoms with E-state index in [9.17, 15) is 8.78 Å². The van der Waals surface area contributed by atoms with E-state index in [0.29, 0.717) is 11.3 Å². The minimum atomic E-state index is -0.583. The molecular weight excluding hydrogens is 270 g/mol. The second kappa shape index (κ2) is 6.02. The van der Waals surface area contributed by atoms with Gasteiger partial charge in [0.2, 0.25) is 0 Å². The van der Waals surface area contributed by atoms with Gasteiger partial charge >= 0.3 is 0 Å². The average molecular weight is 283 g/mol. The minimum absolute atomic E-state index is 0.00611. The lowest BCUT2D eigenvalue weighted by molar-refractivity contribution is 0.408. The van der Waals surface area contributed by atoms with Crippen LogP contribution in [0.1, 0.15) is 16.5 Å². The number of methoxy groups -OCH3 is 1. The summed E-state index contributed by atoms with van der Waals surface area (Å²) in [4.78, 5) is 0. The number of benzene rings is 2. The third-order valence-corrected chi connectivity index (χ3v) is 3.31. The first-order valence-corrected chi connectivity index (χ1v) is 6.27. The van der Waals surface area contributed by atoms with E-state index in [1.165, 1.54) is 25.3 Å². The van der Waals surface area contributed by atoms with Crippen LogP contribution in [0, 0.1) is 11.6 Å². The molecule has 0 fully saturated rings. The monoisotopic (exact) mass is 282 g/mol. The molecule has 0 radical (unpaired) electrons. The van der Waals surface area contributed by atoms with Crippen LogP contribution in [0.4, 0.5) is 8.78 Å². The van der Waals surface area contributed by atoms with Crippen LogP contribution in [0.2, 0.25) is 0 Å². The van der Waals surface area contributed by atoms with Gasteiger partial charge in [0.05, 0.1) is 12.5 Å². The highest BCUT2D eigenvalue weighted by Gasteiger charge is 2.18. The van der Waals surface area contributed by atoms with Crippen molar-refractivity contribution in [1.82, 2.24) is 0 Å². The van der Waals surface area contributed by atoms with Crippen LogP contribution in [0.3, 0.4) is 0 Å². The maximum absolute atomic E-state index is 13.6. The highest BCUT2D eigenvalue weighted by molar-refractivity contribution is 6.21. The van der Waals surface area contributed by atoms with Crippen molar-refractivity contribution in [3.63, 3.8) is 0 Å². The van der Waals surface area contributed by atoms with Gasteiger partial charge < -0.3 is 4.74 Å². The van der Waals surface area contributed by atoms with Crippen molar-refractivity contribution in [3.05, 3.63) is 65.2 Å². The minimum Gasteiger partial charge on any atom is -0.496 e. The number of halogens is 3. The van der Waals surface area contributed by atoms with E-state index in [-0.39, 0.29) is 12.0 Å². The van der Waals surface area contributed by atoms with Crippen molar-refractivity contribution < 1.29 is 13.5 Å². The Bertz CT molecular complexity index is 552. The summed E-state index contributed by atoms with van der Waals surface area (Å²) in [6.45, 7) is 0. The molecule has 0 saturated carbocycles. The maximum atomic E-state index is 13.6. The second-order valence-corrected chi connectivity index (χ2v) is 4.64. The van der Waals surface area contributed by atoms with Gasteiger partial charge in [-0.2, -0.15) is 0 Å². The molecule has 0 spiro atoms. The number of para-hydroxylation sites is 1. The van der Waals surface area contributed by atoms with Crippen LogP contribution in [0.15, 0.2) is 42.5 Å². The molecule has 0 amide bonds. The summed E-state index contributed by atoms with van der Waals surface area (Å²) in [7, 11) is 1.53. The zero-order valence-electron chi connectivity index (χ0n) is 10.4. The van der Waals surface area contributed by atoms with Crippen molar-refractivity contribution >= 4 is 11.6 Å². The fraction of sp³-hybridized carbons (Fsp3) is 0.200. The first kappa shape index (κ1) is 13.8. The quantitative estimate of drug-likeness (QED) is 0.751. The molecule has 0 heterocycles. The van der Waals surface area contributed by atoms with Crippen LogP contribution in [0.25, 0.3) is 0 Å². The Labute approximate surface area is 115 Å². The zero-order chi connectivity index (χ0) is 13.8. The molecule has 100 valence electrons. The van der Waals surface area contributed by atoms with E-state index in [2.05, 4.69) is 0 Å². The molecule has 0 aliphatic carbocycles. The van der Waals surface area contributed by atoms with Crippen LogP contribution in [-0.4, -0.2) is 7.11 Å². The summed E-state index contributed by atoms with van der Waals surface area (Å²) < 4.78 is 32.4. The fourth-order valence-electron chi connectivity index (χ4n) is 1.94. The molecule has 1 atom stereocenters. The van der Waals surface area contributed by atoms with Gasteiger partial charge in [-0.05, 0) is 24.6 Å². The Hall–Kier alpha value is -1.61. The highest BCUT2D eigenvalue weighted by atomic mass is 35.5. The Morgan fingerprint density at radius 2 is 1.68 bits per heavy atom. The molecular formula is C15H13ClF2O. The summed E-state index contributed by atoms with van der Waals surface area (Å²) in [5.41, 5.74) is 0.711. The lowest BCUT2D eigenvalue weighted by Gasteiger charge is -2.14. The van der Waals surface area contributed by atoms with E-state index in [1.54, 1.807) is 12.1 Å². The van der Waals surface area contributed by atoms with Gasteiger partial charge in [0, 0.05) is 11.1 Å². The van der Waals surface area contributed by atoms with E-state index < -0.39 is 17.0 Å². The molecule has 1 nitrogen and oxygen atoms in total. The van der Waals surface area contributed by atoms with Crippen LogP contribution < -0.4 is 4.74 Å². The summed E-state index contributed by atoms with van der Waals surface area (Å²) in [6, 6.07) is 11.0. The standard InChI is InChI=1S/C15H13ClF2O/c1-19-15-8-3-2-5-10(15)12(16)9-11-13(17)6-4-7-14(11)18/h2-8,12H,9H2,1H3. The van der Waals surface area contributed by atoms with Gasteiger partial charge in [0.1, 0.15) is 17.4 Å². The number of rotatable bonds is 4. The highest BCUT2D eigenvalue weighted by Crippen LogP contribution is 2.33. The smallest absolute Gasteiger partial charge is 0.129 e. The van der Waals surface area contributed by atoms with E-state index in [1.807, 2.05) is 12.1 Å². The maximum Gasteiger partial charge on any atom is 0.129 e. The second-order valence-electron chi connectivity index (χ2n) is 4.11. The van der Waals surface area contributed by atoms with Crippen molar-refractivity contribution in [2.75, 3.05) is 7.11 Å². The summed E-state index contributed by atoms with van der Waals surface area (Å²) in [6.07, 6.45) is 0.0699. The van der Waals surface area contributed by atoms with E-state index >= 15 is 0 Å². The topological polar surface area (TPSA) is 9.23 Å². The van der Waals surface area contributed by atoms with Crippen LogP contribution in [0.5, 0.6) is 5.75 Å². The Kier molecular flexibility index (Phi) is 4.38. The van der Waals surface area contributed by atoms with Crippen molar-refractivity contribution in [2.45, 2.75) is 11.8 Å². The molecule has 2 rings (SSSR count). The van der Waals surface area contributed by atoms with Crippen molar-refractivity contribution in [2.24, 2.45) is 0 Å². The third-order valence-electron chi connectivity index (χ3n) is 2.92. The van der Waals surface area contributed by atoms with Gasteiger partial charge in [-0.25, -0.2) is 8.78 Å². The molecule has 0 aliphatic heterocycles. The molecule has 4 heteroatoms. The Morgan fingerprint density at radius 3 is 2.32 bits per heavy atom. The molecule has 2 aromatic rings. The molecule has 2 aromatic carbocycles. The lowest BCUT2D eigenvalue weighted by Crippen LogP contribution is -2.03. The zero-order valence-corrected chi connectivity index (χ0v) is 11.1. The number of ether oxygens (including phenoxy) is 1. The number of hydrogen-bond acceptors (Lipinski definition) is 1. The first-order valence-electron chi connectivity index (χ1n) is 5.83. The molecule has 0 aliphatic rings. The normalized spacial score (nSPS) is 12.2. The summed E-state index contributed by atoms with van der Waals surface area (Å²) in [5, 5.41) is -0.553. The molecule has 0 bridgehead atoms. The van der Waals surface area contributed by atoms with Crippen molar-refractivity contribution in [3.8, 4) is 5.75 Å². The van der Waals surface area contributed by atoms with Gasteiger partial charge in [-0.3, -0.25) is 0 Å². The molecule has 1 unspecified atom stereocenters. The molecule has 19 heavy (non-hydrogen) atoms. The third kappa shape index (κ3) is 3.04. The number of alkyl halides is 1. The van der Waals surface area contributed by atoms with Crippen LogP contribution >= 0.6 is 11.6 Å². The first-order chi connectivity index (χ1) is 9.13.